The number of aromatic nitrogens is 2. The van der Waals surface area contributed by atoms with Gasteiger partial charge in [0.2, 0.25) is 29.5 Å². The molecule has 0 aliphatic rings. The van der Waals surface area contributed by atoms with Gasteiger partial charge in [0.05, 0.1) is 18.1 Å². The first-order valence-corrected chi connectivity index (χ1v) is 20.4. The number of nitrogens with two attached hydrogens (primary N) is 3. The fraction of sp³-hybridized carbons (Fsp3) is 0.439. The van der Waals surface area contributed by atoms with Crippen molar-refractivity contribution in [3.63, 3.8) is 0 Å². The van der Waals surface area contributed by atoms with Crippen molar-refractivity contribution in [2.45, 2.75) is 100 Å². The van der Waals surface area contributed by atoms with E-state index in [-0.39, 0.29) is 69.7 Å². The Balaban J connectivity index is 1.90. The molecule has 0 unspecified atom stereocenters. The standard InChI is InChI=1S/C41H58N12O10/c42-17-5-4-9-29(50-37(59)30(15-16-34(55)56)49-35(57)28(43)21-26-22-46-23-48-26)36(58)52-33(20-25-11-13-27(54)14-12-25)39(61)53-32(19-24-7-2-1-3-8-24)38(60)51-31(40(62)63)10-6-18-47-41(44)45/h1-3,7-8,11-14,22-23,28-33,54H,4-6,9-10,15-21,42-43H2,(H,46,48)(H,49,57)(H,50,59)(H,51,60)(H,52,58)(H,53,61)(H,55,56)(H,62,63)(H4,44,45,47)/t28-,29+,30+,31+,32-,33+/m1/s1. The summed E-state index contributed by atoms with van der Waals surface area (Å²) in [5, 5.41) is 51.9. The number of imidazole rings is 1. The van der Waals surface area contributed by atoms with E-state index in [1.165, 1.54) is 36.8 Å². The Labute approximate surface area is 363 Å². The highest BCUT2D eigenvalue weighted by atomic mass is 16.4. The summed E-state index contributed by atoms with van der Waals surface area (Å²) in [5.74, 6) is -7.15. The number of aromatic amines is 1. The summed E-state index contributed by atoms with van der Waals surface area (Å²) in [5.41, 5.74) is 18.6. The highest BCUT2D eigenvalue weighted by molar-refractivity contribution is 5.96. The number of unbranched alkanes of at least 4 members (excludes halogenated alkanes) is 1. The molecule has 3 aromatic rings. The van der Waals surface area contributed by atoms with Gasteiger partial charge in [-0.3, -0.25) is 34.2 Å². The van der Waals surface area contributed by atoms with E-state index < -0.39 is 84.1 Å². The molecule has 6 atom stereocenters. The van der Waals surface area contributed by atoms with E-state index >= 15 is 0 Å². The van der Waals surface area contributed by atoms with Crippen LogP contribution in [0.25, 0.3) is 0 Å². The van der Waals surface area contributed by atoms with Crippen LogP contribution in [-0.2, 0) is 52.8 Å². The fourth-order valence-corrected chi connectivity index (χ4v) is 6.31. The van der Waals surface area contributed by atoms with E-state index in [0.29, 0.717) is 29.7 Å². The molecule has 1 heterocycles. The van der Waals surface area contributed by atoms with E-state index in [2.05, 4.69) is 41.9 Å². The topological polar surface area (TPSA) is 383 Å². The SMILES string of the molecule is N=C(N)NCCC[C@H](NC(=O)[C@@H](Cc1ccccc1)NC(=O)[C@H](Cc1ccc(O)cc1)NC(=O)[C@H](CCCCN)NC(=O)[C@H](CCC(=O)O)NC(=O)[C@H](N)Cc1c[nH]cn1)C(=O)O. The third-order valence-electron chi connectivity index (χ3n) is 9.70. The Kier molecular flexibility index (Phi) is 21.0. The maximum Gasteiger partial charge on any atom is 0.326 e. The van der Waals surface area contributed by atoms with Gasteiger partial charge in [0, 0.05) is 38.4 Å². The highest BCUT2D eigenvalue weighted by Crippen LogP contribution is 2.14. The predicted molar refractivity (Wildman–Crippen MR) is 228 cm³/mol. The number of hydrogen-bond acceptors (Lipinski definition) is 12. The highest BCUT2D eigenvalue weighted by Gasteiger charge is 2.33. The Morgan fingerprint density at radius 3 is 1.73 bits per heavy atom. The van der Waals surface area contributed by atoms with Crippen LogP contribution >= 0.6 is 0 Å². The van der Waals surface area contributed by atoms with Gasteiger partial charge in [-0.25, -0.2) is 9.78 Å². The minimum Gasteiger partial charge on any atom is -0.508 e. The lowest BCUT2D eigenvalue weighted by atomic mass is 10.0. The molecule has 0 aliphatic heterocycles. The lowest BCUT2D eigenvalue weighted by Gasteiger charge is -2.27. The van der Waals surface area contributed by atoms with E-state index in [4.69, 9.17) is 22.6 Å². The number of hydrogen-bond donors (Lipinski definition) is 14. The lowest BCUT2D eigenvalue weighted by Crippen LogP contribution is -2.60. The van der Waals surface area contributed by atoms with Gasteiger partial charge < -0.3 is 69.4 Å². The molecule has 22 nitrogen and oxygen atoms in total. The van der Waals surface area contributed by atoms with Gasteiger partial charge in [-0.05, 0) is 68.3 Å². The number of carbonyl (C=O) groups is 7. The molecule has 1 aromatic heterocycles. The number of guanidine groups is 1. The quantitative estimate of drug-likeness (QED) is 0.0218. The van der Waals surface area contributed by atoms with Crippen molar-refractivity contribution in [2.75, 3.05) is 13.1 Å². The smallest absolute Gasteiger partial charge is 0.326 e. The average molecular weight is 879 g/mol. The summed E-state index contributed by atoms with van der Waals surface area (Å²) >= 11 is 0. The van der Waals surface area contributed by atoms with Crippen LogP contribution in [0.2, 0.25) is 0 Å². The van der Waals surface area contributed by atoms with Crippen LogP contribution < -0.4 is 49.1 Å². The number of aromatic hydroxyl groups is 1. The van der Waals surface area contributed by atoms with Crippen molar-refractivity contribution in [2.24, 2.45) is 17.2 Å². The van der Waals surface area contributed by atoms with Crippen molar-refractivity contribution in [3.8, 4) is 5.75 Å². The molecule has 0 bridgehead atoms. The Morgan fingerprint density at radius 2 is 1.19 bits per heavy atom. The Hall–Kier alpha value is -7.07. The minimum absolute atomic E-state index is 0.00511. The number of nitrogens with zero attached hydrogens (tertiary/aromatic N) is 1. The number of H-pyrrole nitrogens is 1. The molecule has 0 radical (unpaired) electrons. The third-order valence-corrected chi connectivity index (χ3v) is 9.70. The van der Waals surface area contributed by atoms with E-state index in [0.717, 1.165) is 0 Å². The van der Waals surface area contributed by atoms with Crippen LogP contribution in [0.4, 0.5) is 0 Å². The zero-order chi connectivity index (χ0) is 46.3. The second-order valence-corrected chi connectivity index (χ2v) is 14.8. The number of carbonyl (C=O) groups excluding carboxylic acids is 5. The van der Waals surface area contributed by atoms with Gasteiger partial charge in [-0.15, -0.1) is 0 Å². The predicted octanol–water partition coefficient (Wildman–Crippen LogP) is -1.76. The molecule has 2 aromatic carbocycles. The molecular weight excluding hydrogens is 821 g/mol. The van der Waals surface area contributed by atoms with Gasteiger partial charge in [0.25, 0.3) is 0 Å². The largest absolute Gasteiger partial charge is 0.508 e. The number of phenols is 1. The second-order valence-electron chi connectivity index (χ2n) is 14.8. The summed E-state index contributed by atoms with van der Waals surface area (Å²) in [6.07, 6.45) is 2.79. The first-order chi connectivity index (χ1) is 30.1. The van der Waals surface area contributed by atoms with Crippen LogP contribution in [0.15, 0.2) is 67.1 Å². The van der Waals surface area contributed by atoms with Crippen molar-refractivity contribution in [1.82, 2.24) is 41.9 Å². The van der Waals surface area contributed by atoms with Gasteiger partial charge in [0.1, 0.15) is 36.0 Å². The lowest BCUT2D eigenvalue weighted by molar-refractivity contribution is -0.142. The Bertz CT molecular complexity index is 1970. The molecule has 22 heteroatoms. The minimum atomic E-state index is -1.43. The third kappa shape index (κ3) is 18.6. The first-order valence-electron chi connectivity index (χ1n) is 20.4. The monoisotopic (exact) mass is 878 g/mol. The number of nitrogens with one attached hydrogen (secondary N) is 8. The summed E-state index contributed by atoms with van der Waals surface area (Å²) in [6.45, 7) is 0.423. The van der Waals surface area contributed by atoms with Gasteiger partial charge in [-0.1, -0.05) is 42.5 Å². The van der Waals surface area contributed by atoms with Crippen LogP contribution in [0.1, 0.15) is 61.8 Å². The number of amides is 5. The zero-order valence-electron chi connectivity index (χ0n) is 34.7. The molecular formula is C41H58N12O10. The molecule has 0 saturated carbocycles. The van der Waals surface area contributed by atoms with E-state index in [9.17, 15) is 48.9 Å². The van der Waals surface area contributed by atoms with Gasteiger partial charge in [-0.2, -0.15) is 0 Å². The van der Waals surface area contributed by atoms with E-state index in [1.54, 1.807) is 30.3 Å². The maximum atomic E-state index is 14.3. The summed E-state index contributed by atoms with van der Waals surface area (Å²) < 4.78 is 0. The number of carboxylic acid groups (broad SMARTS) is 2. The normalized spacial score (nSPS) is 13.7. The summed E-state index contributed by atoms with van der Waals surface area (Å²) in [6, 6.07) is 6.30. The molecule has 3 rings (SSSR count). The summed E-state index contributed by atoms with van der Waals surface area (Å²) in [7, 11) is 0. The molecule has 63 heavy (non-hydrogen) atoms. The fourth-order valence-electron chi connectivity index (χ4n) is 6.31. The molecule has 0 spiro atoms. The zero-order valence-corrected chi connectivity index (χ0v) is 34.7. The molecule has 17 N–H and O–H groups in total. The van der Waals surface area contributed by atoms with Crippen LogP contribution in [-0.4, -0.2) is 122 Å². The molecule has 0 aliphatic carbocycles. The average Bonchev–Trinajstić information content (AvgIpc) is 3.76. The van der Waals surface area contributed by atoms with Crippen molar-refractivity contribution in [1.29, 1.82) is 5.41 Å². The Morgan fingerprint density at radius 1 is 0.667 bits per heavy atom. The van der Waals surface area contributed by atoms with Crippen LogP contribution in [0.5, 0.6) is 5.75 Å². The van der Waals surface area contributed by atoms with Gasteiger partial charge in [0.15, 0.2) is 5.96 Å². The number of benzene rings is 2. The van der Waals surface area contributed by atoms with Crippen LogP contribution in [0.3, 0.4) is 0 Å². The molecule has 0 fully saturated rings. The van der Waals surface area contributed by atoms with Crippen LogP contribution in [0, 0.1) is 5.41 Å². The van der Waals surface area contributed by atoms with Crippen molar-refractivity contribution in [3.05, 3.63) is 83.9 Å². The number of aliphatic carboxylic acids is 2. The van der Waals surface area contributed by atoms with Crippen molar-refractivity contribution >= 4 is 47.4 Å². The second kappa shape index (κ2) is 26.3. The van der Waals surface area contributed by atoms with E-state index in [1.807, 2.05) is 0 Å². The maximum absolute atomic E-state index is 14.3. The first kappa shape index (κ1) is 50.3. The number of rotatable bonds is 28. The molecule has 5 amide bonds. The summed E-state index contributed by atoms with van der Waals surface area (Å²) in [4.78, 5) is 99.5. The molecule has 0 saturated heterocycles. The van der Waals surface area contributed by atoms with Crippen molar-refractivity contribution < 1.29 is 48.9 Å². The number of phenolic OH excluding ortho intramolecular Hbond substituents is 1. The van der Waals surface area contributed by atoms with Gasteiger partial charge >= 0.3 is 11.9 Å². The molecule has 342 valence electrons. The number of carboxylic acids is 2.